The van der Waals surface area contributed by atoms with Gasteiger partial charge in [0.2, 0.25) is 0 Å². The number of hydrogen-bond donors (Lipinski definition) is 0. The summed E-state index contributed by atoms with van der Waals surface area (Å²) in [5.74, 6) is -2.02. The van der Waals surface area contributed by atoms with Crippen molar-refractivity contribution in [1.82, 2.24) is 19.6 Å². The standard InChI is InChI=1S/C45H77BrN4O11Si/c1-42(2,3)58-35(51)29-47-17-19-48(30-36(52)59-43(4,5)6)21-23-50(24-22-49(20-18-47)31-37(53)60-44(7,8)9)38(41(55)61-45(10,11)12)33-27-32(28-34(46)39(33)56-13)40(54)57-25-26-62(14,15)16/h27-28,38H,17-26,29-31H2,1-16H3. The summed E-state index contributed by atoms with van der Waals surface area (Å²) >= 11 is 3.61. The number of benzene rings is 1. The van der Waals surface area contributed by atoms with E-state index in [-0.39, 0.29) is 58.0 Å². The first-order chi connectivity index (χ1) is 28.2. The van der Waals surface area contributed by atoms with Crippen molar-refractivity contribution in [2.75, 3.05) is 85.7 Å². The van der Waals surface area contributed by atoms with E-state index in [1.54, 1.807) is 32.9 Å². The number of hydrogen-bond acceptors (Lipinski definition) is 15. The van der Waals surface area contributed by atoms with Gasteiger partial charge in [-0.15, -0.1) is 0 Å². The Kier molecular flexibility index (Phi) is 20.6. The van der Waals surface area contributed by atoms with Crippen molar-refractivity contribution in [3.63, 3.8) is 0 Å². The molecule has 1 saturated heterocycles. The van der Waals surface area contributed by atoms with Gasteiger partial charge in [0, 0.05) is 66.0 Å². The number of carbonyl (C=O) groups is 5. The number of esters is 5. The molecule has 0 aliphatic carbocycles. The Morgan fingerprint density at radius 2 is 0.984 bits per heavy atom. The topological polar surface area (TPSA) is 154 Å². The Hall–Kier alpha value is -3.09. The van der Waals surface area contributed by atoms with Crippen molar-refractivity contribution in [3.05, 3.63) is 27.7 Å². The SMILES string of the molecule is COc1c(Br)cc(C(=O)OCC[Si](C)(C)C)cc1C(C(=O)OC(C)(C)C)N1CCN(CC(=O)OC(C)(C)C)CCN(CC(=O)OC(C)(C)C)CCN(CC(=O)OC(C)(C)C)CC1. The van der Waals surface area contributed by atoms with Crippen molar-refractivity contribution in [2.24, 2.45) is 0 Å². The first kappa shape index (κ1) is 55.0. The molecule has 17 heteroatoms. The van der Waals surface area contributed by atoms with Crippen LogP contribution in [-0.4, -0.2) is 166 Å². The minimum absolute atomic E-state index is 0.00371. The summed E-state index contributed by atoms with van der Waals surface area (Å²) in [5, 5.41) is 0. The highest BCUT2D eigenvalue weighted by molar-refractivity contribution is 9.10. The highest BCUT2D eigenvalue weighted by Crippen LogP contribution is 2.38. The molecule has 0 aromatic heterocycles. The quantitative estimate of drug-likeness (QED) is 0.112. The van der Waals surface area contributed by atoms with Gasteiger partial charge in [0.05, 0.1) is 43.4 Å². The second-order valence-electron chi connectivity index (χ2n) is 21.1. The Morgan fingerprint density at radius 1 is 0.613 bits per heavy atom. The molecule has 1 unspecified atom stereocenters. The Balaban J connectivity index is 2.79. The van der Waals surface area contributed by atoms with E-state index in [9.17, 15) is 24.0 Å². The molecule has 354 valence electrons. The lowest BCUT2D eigenvalue weighted by molar-refractivity contribution is -0.163. The zero-order valence-electron chi connectivity index (χ0n) is 40.6. The van der Waals surface area contributed by atoms with E-state index in [2.05, 4.69) is 35.6 Å². The van der Waals surface area contributed by atoms with Crippen LogP contribution in [0.15, 0.2) is 16.6 Å². The van der Waals surface area contributed by atoms with Crippen LogP contribution < -0.4 is 4.74 Å². The lowest BCUT2D eigenvalue weighted by Gasteiger charge is -2.37. The molecular formula is C45H77BrN4O11Si. The predicted molar refractivity (Wildman–Crippen MR) is 246 cm³/mol. The second-order valence-corrected chi connectivity index (χ2v) is 27.6. The van der Waals surface area contributed by atoms with E-state index >= 15 is 0 Å². The lowest BCUT2D eigenvalue weighted by atomic mass is 10.00. The van der Waals surface area contributed by atoms with Crippen LogP contribution in [0, 0.1) is 0 Å². The van der Waals surface area contributed by atoms with Crippen LogP contribution >= 0.6 is 15.9 Å². The van der Waals surface area contributed by atoms with Gasteiger partial charge in [-0.25, -0.2) is 9.59 Å². The van der Waals surface area contributed by atoms with Gasteiger partial charge in [-0.3, -0.25) is 34.0 Å². The Morgan fingerprint density at radius 3 is 1.32 bits per heavy atom. The number of halogens is 1. The van der Waals surface area contributed by atoms with Gasteiger partial charge in [0.25, 0.3) is 0 Å². The van der Waals surface area contributed by atoms with Gasteiger partial charge in [-0.05, 0) is 117 Å². The second kappa shape index (κ2) is 23.2. The highest BCUT2D eigenvalue weighted by Gasteiger charge is 2.37. The van der Waals surface area contributed by atoms with Crippen LogP contribution in [0.3, 0.4) is 0 Å². The summed E-state index contributed by atoms with van der Waals surface area (Å²) in [6, 6.07) is 2.91. The van der Waals surface area contributed by atoms with Gasteiger partial charge >= 0.3 is 29.8 Å². The number of ether oxygens (including phenoxy) is 6. The first-order valence-corrected chi connectivity index (χ1v) is 26.1. The van der Waals surface area contributed by atoms with Crippen LogP contribution in [0.25, 0.3) is 0 Å². The van der Waals surface area contributed by atoms with E-state index < -0.39 is 66.4 Å². The summed E-state index contributed by atoms with van der Waals surface area (Å²) in [5.41, 5.74) is -2.40. The fourth-order valence-corrected chi connectivity index (χ4v) is 7.82. The van der Waals surface area contributed by atoms with Crippen molar-refractivity contribution in [2.45, 2.75) is 137 Å². The average Bonchev–Trinajstić information content (AvgIpc) is 3.05. The summed E-state index contributed by atoms with van der Waals surface area (Å²) in [7, 11) is -0.0104. The summed E-state index contributed by atoms with van der Waals surface area (Å²) in [6.45, 7) is 30.9. The van der Waals surface area contributed by atoms with Crippen molar-refractivity contribution >= 4 is 53.9 Å². The maximum Gasteiger partial charge on any atom is 0.338 e. The third-order valence-electron chi connectivity index (χ3n) is 9.08. The molecule has 0 spiro atoms. The zero-order chi connectivity index (χ0) is 47.4. The average molecular weight is 958 g/mol. The van der Waals surface area contributed by atoms with E-state index in [1.165, 1.54) is 7.11 Å². The maximum absolute atomic E-state index is 14.7. The van der Waals surface area contributed by atoms with Gasteiger partial charge < -0.3 is 28.4 Å². The normalized spacial score (nSPS) is 16.9. The van der Waals surface area contributed by atoms with Crippen LogP contribution in [-0.2, 0) is 42.9 Å². The van der Waals surface area contributed by atoms with E-state index in [0.717, 1.165) is 6.04 Å². The van der Waals surface area contributed by atoms with Crippen molar-refractivity contribution in [3.8, 4) is 5.75 Å². The van der Waals surface area contributed by atoms with Gasteiger partial charge in [0.15, 0.2) is 0 Å². The van der Waals surface area contributed by atoms with Crippen LogP contribution in [0.4, 0.5) is 0 Å². The zero-order valence-corrected chi connectivity index (χ0v) is 43.2. The fourth-order valence-electron chi connectivity index (χ4n) is 6.47. The fraction of sp³-hybridized carbons (Fsp3) is 0.756. The molecule has 0 amide bonds. The minimum atomic E-state index is -1.50. The minimum Gasteiger partial charge on any atom is -0.495 e. The van der Waals surface area contributed by atoms with Crippen LogP contribution in [0.5, 0.6) is 5.75 Å². The van der Waals surface area contributed by atoms with E-state index in [4.69, 9.17) is 28.4 Å². The van der Waals surface area contributed by atoms with Gasteiger partial charge in [0.1, 0.15) is 34.2 Å². The molecule has 0 saturated carbocycles. The molecule has 1 aromatic rings. The predicted octanol–water partition coefficient (Wildman–Crippen LogP) is 6.58. The van der Waals surface area contributed by atoms with Crippen molar-refractivity contribution in [1.29, 1.82) is 0 Å². The molecule has 1 aliphatic rings. The maximum atomic E-state index is 14.7. The van der Waals surface area contributed by atoms with Gasteiger partial charge in [-0.2, -0.15) is 0 Å². The smallest absolute Gasteiger partial charge is 0.338 e. The number of rotatable bonds is 14. The molecule has 15 nitrogen and oxygen atoms in total. The third kappa shape index (κ3) is 22.0. The number of methoxy groups -OCH3 is 1. The molecule has 1 aliphatic heterocycles. The third-order valence-corrected chi connectivity index (χ3v) is 11.4. The van der Waals surface area contributed by atoms with Crippen LogP contribution in [0.2, 0.25) is 25.7 Å². The molecule has 1 fully saturated rings. The molecule has 2 rings (SSSR count). The summed E-state index contributed by atoms with van der Waals surface area (Å²) in [4.78, 5) is 75.9. The molecule has 0 N–H and O–H groups in total. The first-order valence-electron chi connectivity index (χ1n) is 21.6. The molecular weight excluding hydrogens is 881 g/mol. The lowest BCUT2D eigenvalue weighted by Crippen LogP contribution is -2.51. The van der Waals surface area contributed by atoms with Crippen molar-refractivity contribution < 1.29 is 52.4 Å². The van der Waals surface area contributed by atoms with E-state index in [1.807, 2.05) is 81.9 Å². The molecule has 0 radical (unpaired) electrons. The molecule has 1 atom stereocenters. The molecule has 62 heavy (non-hydrogen) atoms. The highest BCUT2D eigenvalue weighted by atomic mass is 79.9. The molecule has 0 bridgehead atoms. The van der Waals surface area contributed by atoms with Crippen LogP contribution in [0.1, 0.15) is 105 Å². The molecule has 1 heterocycles. The van der Waals surface area contributed by atoms with Gasteiger partial charge in [-0.1, -0.05) is 19.6 Å². The number of nitrogens with zero attached hydrogens (tertiary/aromatic N) is 4. The summed E-state index contributed by atoms with van der Waals surface area (Å²) < 4.78 is 35.4. The monoisotopic (exact) mass is 956 g/mol. The number of carbonyl (C=O) groups excluding carboxylic acids is 5. The Labute approximate surface area is 380 Å². The van der Waals surface area contributed by atoms with E-state index in [0.29, 0.717) is 42.0 Å². The molecule has 1 aromatic carbocycles. The summed E-state index contributed by atoms with van der Waals surface area (Å²) in [6.07, 6.45) is 0. The Bertz CT molecular complexity index is 1630. The largest absolute Gasteiger partial charge is 0.495 e.